The average Bonchev–Trinajstić information content (AvgIpc) is 2.35. The fraction of sp³-hybridized carbons (Fsp3) is 0.0769. The number of hydrogen-bond donors (Lipinski definition) is 1. The first-order valence-corrected chi connectivity index (χ1v) is 7.81. The lowest BCUT2D eigenvalue weighted by Gasteiger charge is -2.08. The van der Waals surface area contributed by atoms with E-state index >= 15 is 0 Å². The van der Waals surface area contributed by atoms with Crippen molar-refractivity contribution in [1.29, 1.82) is 0 Å². The summed E-state index contributed by atoms with van der Waals surface area (Å²) in [5.74, 6) is -0.144. The van der Waals surface area contributed by atoms with E-state index in [9.17, 15) is 8.42 Å². The van der Waals surface area contributed by atoms with Crippen LogP contribution in [0.15, 0.2) is 47.4 Å². The highest BCUT2D eigenvalue weighted by Gasteiger charge is 2.18. The first kappa shape index (κ1) is 14.2. The summed E-state index contributed by atoms with van der Waals surface area (Å²) in [5.41, 5.74) is 6.53. The SMILES string of the molecule is Nc1ccc(Cl)cc1S(=O)(=O)Cc1ccc(Cl)cc1. The van der Waals surface area contributed by atoms with Gasteiger partial charge in [0.15, 0.2) is 9.84 Å². The van der Waals surface area contributed by atoms with Crippen molar-refractivity contribution >= 4 is 38.7 Å². The Bertz CT molecular complexity index is 697. The molecule has 2 aromatic carbocycles. The monoisotopic (exact) mass is 315 g/mol. The van der Waals surface area contributed by atoms with Crippen molar-refractivity contribution in [2.24, 2.45) is 0 Å². The predicted molar refractivity (Wildman–Crippen MR) is 78.2 cm³/mol. The van der Waals surface area contributed by atoms with Crippen molar-refractivity contribution in [3.05, 3.63) is 58.1 Å². The lowest BCUT2D eigenvalue weighted by Crippen LogP contribution is -2.08. The standard InChI is InChI=1S/C13H11Cl2NO2S/c14-10-3-1-9(2-4-10)8-19(17,18)13-7-11(15)5-6-12(13)16/h1-7H,8,16H2. The van der Waals surface area contributed by atoms with E-state index in [1.165, 1.54) is 12.1 Å². The summed E-state index contributed by atoms with van der Waals surface area (Å²) in [6, 6.07) is 11.0. The first-order valence-electron chi connectivity index (χ1n) is 5.41. The van der Waals surface area contributed by atoms with E-state index in [1.807, 2.05) is 0 Å². The molecule has 19 heavy (non-hydrogen) atoms. The van der Waals surface area contributed by atoms with Gasteiger partial charge in [-0.25, -0.2) is 8.42 Å². The number of hydrogen-bond acceptors (Lipinski definition) is 3. The molecule has 6 heteroatoms. The summed E-state index contributed by atoms with van der Waals surface area (Å²) in [6.45, 7) is 0. The van der Waals surface area contributed by atoms with E-state index in [-0.39, 0.29) is 16.3 Å². The van der Waals surface area contributed by atoms with Gasteiger partial charge in [-0.15, -0.1) is 0 Å². The summed E-state index contributed by atoms with van der Waals surface area (Å²) in [7, 11) is -3.53. The Kier molecular flexibility index (Phi) is 4.04. The lowest BCUT2D eigenvalue weighted by molar-refractivity contribution is 0.595. The van der Waals surface area contributed by atoms with Crippen molar-refractivity contribution in [1.82, 2.24) is 0 Å². The number of nitrogen functional groups attached to an aromatic ring is 1. The summed E-state index contributed by atoms with van der Waals surface area (Å²) >= 11 is 11.6. The number of nitrogens with two attached hydrogens (primary N) is 1. The molecule has 0 aromatic heterocycles. The fourth-order valence-corrected chi connectivity index (χ4v) is 3.54. The van der Waals surface area contributed by atoms with Crippen LogP contribution in [-0.2, 0) is 15.6 Å². The highest BCUT2D eigenvalue weighted by atomic mass is 35.5. The number of benzene rings is 2. The van der Waals surface area contributed by atoms with Crippen molar-refractivity contribution in [2.45, 2.75) is 10.6 Å². The van der Waals surface area contributed by atoms with Gasteiger partial charge in [-0.05, 0) is 35.9 Å². The molecule has 2 aromatic rings. The van der Waals surface area contributed by atoms with E-state index in [0.29, 0.717) is 15.6 Å². The van der Waals surface area contributed by atoms with Crippen LogP contribution in [0.1, 0.15) is 5.56 Å². The molecular weight excluding hydrogens is 305 g/mol. The van der Waals surface area contributed by atoms with Gasteiger partial charge >= 0.3 is 0 Å². The normalized spacial score (nSPS) is 11.5. The Hall–Kier alpha value is -1.23. The van der Waals surface area contributed by atoms with Crippen molar-refractivity contribution in [3.63, 3.8) is 0 Å². The number of halogens is 2. The molecule has 2 rings (SSSR count). The minimum atomic E-state index is -3.53. The summed E-state index contributed by atoms with van der Waals surface area (Å²) < 4.78 is 24.6. The van der Waals surface area contributed by atoms with Gasteiger partial charge in [-0.3, -0.25) is 0 Å². The maximum Gasteiger partial charge on any atom is 0.184 e. The molecule has 0 aliphatic carbocycles. The molecule has 0 aliphatic rings. The molecule has 0 spiro atoms. The Labute approximate surface area is 121 Å². The minimum absolute atomic E-state index is 0.0509. The smallest absolute Gasteiger partial charge is 0.184 e. The third-order valence-corrected chi connectivity index (χ3v) is 4.80. The zero-order valence-corrected chi connectivity index (χ0v) is 12.1. The Balaban J connectivity index is 2.37. The molecule has 3 nitrogen and oxygen atoms in total. The number of sulfone groups is 1. The van der Waals surface area contributed by atoms with Crippen LogP contribution in [0.4, 0.5) is 5.69 Å². The predicted octanol–water partition coefficient (Wildman–Crippen LogP) is 3.55. The van der Waals surface area contributed by atoms with Crippen LogP contribution < -0.4 is 5.73 Å². The highest BCUT2D eigenvalue weighted by Crippen LogP contribution is 2.26. The average molecular weight is 316 g/mol. The molecule has 0 unspecified atom stereocenters. The Morgan fingerprint density at radius 3 is 2.16 bits per heavy atom. The van der Waals surface area contributed by atoms with Crippen molar-refractivity contribution in [3.8, 4) is 0 Å². The van der Waals surface area contributed by atoms with Gasteiger partial charge in [0.1, 0.15) is 0 Å². The molecule has 0 saturated heterocycles. The van der Waals surface area contributed by atoms with E-state index in [0.717, 1.165) is 0 Å². The Morgan fingerprint density at radius 1 is 0.947 bits per heavy atom. The molecule has 100 valence electrons. The van der Waals surface area contributed by atoms with E-state index in [4.69, 9.17) is 28.9 Å². The second kappa shape index (κ2) is 5.41. The van der Waals surface area contributed by atoms with Crippen LogP contribution >= 0.6 is 23.2 Å². The van der Waals surface area contributed by atoms with Gasteiger partial charge in [0.05, 0.1) is 16.3 Å². The molecule has 0 heterocycles. The maximum atomic E-state index is 12.3. The molecule has 0 bridgehead atoms. The van der Waals surface area contributed by atoms with Crippen LogP contribution in [0, 0.1) is 0 Å². The highest BCUT2D eigenvalue weighted by molar-refractivity contribution is 7.90. The molecule has 0 amide bonds. The van der Waals surface area contributed by atoms with Crippen LogP contribution in [0.2, 0.25) is 10.0 Å². The van der Waals surface area contributed by atoms with Crippen LogP contribution in [0.3, 0.4) is 0 Å². The fourth-order valence-electron chi connectivity index (χ4n) is 1.66. The molecule has 0 radical (unpaired) electrons. The molecule has 0 fully saturated rings. The van der Waals surface area contributed by atoms with E-state index in [1.54, 1.807) is 30.3 Å². The zero-order chi connectivity index (χ0) is 14.0. The minimum Gasteiger partial charge on any atom is -0.398 e. The van der Waals surface area contributed by atoms with Gasteiger partial charge in [0, 0.05) is 10.0 Å². The molecule has 2 N–H and O–H groups in total. The summed E-state index contributed by atoms with van der Waals surface area (Å²) in [4.78, 5) is 0.0509. The third kappa shape index (κ3) is 3.41. The second-order valence-corrected chi connectivity index (χ2v) is 6.90. The molecular formula is C13H11Cl2NO2S. The van der Waals surface area contributed by atoms with Gasteiger partial charge in [0.2, 0.25) is 0 Å². The van der Waals surface area contributed by atoms with Crippen molar-refractivity contribution in [2.75, 3.05) is 5.73 Å². The zero-order valence-electron chi connectivity index (χ0n) is 9.81. The second-order valence-electron chi connectivity index (χ2n) is 4.07. The van der Waals surface area contributed by atoms with Gasteiger partial charge in [-0.2, -0.15) is 0 Å². The topological polar surface area (TPSA) is 60.2 Å². The van der Waals surface area contributed by atoms with E-state index < -0.39 is 9.84 Å². The largest absolute Gasteiger partial charge is 0.398 e. The first-order chi connectivity index (χ1) is 8.88. The molecule has 0 atom stereocenters. The van der Waals surface area contributed by atoms with E-state index in [2.05, 4.69) is 0 Å². The van der Waals surface area contributed by atoms with Crippen LogP contribution in [-0.4, -0.2) is 8.42 Å². The summed E-state index contributed by atoms with van der Waals surface area (Å²) in [6.07, 6.45) is 0. The third-order valence-electron chi connectivity index (χ3n) is 2.58. The number of anilines is 1. The van der Waals surface area contributed by atoms with Crippen molar-refractivity contribution < 1.29 is 8.42 Å². The lowest BCUT2D eigenvalue weighted by atomic mass is 10.2. The van der Waals surface area contributed by atoms with Gasteiger partial charge in [-0.1, -0.05) is 35.3 Å². The summed E-state index contributed by atoms with van der Waals surface area (Å²) in [5, 5.41) is 0.896. The van der Waals surface area contributed by atoms with Crippen LogP contribution in [0.5, 0.6) is 0 Å². The Morgan fingerprint density at radius 2 is 1.53 bits per heavy atom. The van der Waals surface area contributed by atoms with Gasteiger partial charge < -0.3 is 5.73 Å². The van der Waals surface area contributed by atoms with Gasteiger partial charge in [0.25, 0.3) is 0 Å². The molecule has 0 saturated carbocycles. The number of rotatable bonds is 3. The molecule has 0 aliphatic heterocycles. The van der Waals surface area contributed by atoms with Crippen LogP contribution in [0.25, 0.3) is 0 Å². The quantitative estimate of drug-likeness (QED) is 0.881. The maximum absolute atomic E-state index is 12.3.